The number of methoxy groups -OCH3 is 2. The summed E-state index contributed by atoms with van der Waals surface area (Å²) in [5.74, 6) is -1.67. The van der Waals surface area contributed by atoms with E-state index in [4.69, 9.17) is 9.47 Å². The molecule has 10 nitrogen and oxygen atoms in total. The smallest absolute Gasteiger partial charge is 0.493 e. The van der Waals surface area contributed by atoms with Crippen LogP contribution >= 0.6 is 0 Å². The van der Waals surface area contributed by atoms with Crippen LogP contribution in [0.5, 0.6) is 11.5 Å². The van der Waals surface area contributed by atoms with Gasteiger partial charge in [0, 0.05) is 43.5 Å². The van der Waals surface area contributed by atoms with E-state index in [9.17, 15) is 22.8 Å². The molecule has 0 bridgehead atoms. The minimum Gasteiger partial charge on any atom is -0.497 e. The SMILES string of the molecule is COc1cc(OC)cc(C(=O)N(OC(=O)C(F)(F)F)C2CCC(Nc3nc(N(C)C)ncc3C)CC2)c1. The zero-order chi connectivity index (χ0) is 27.3. The van der Waals surface area contributed by atoms with E-state index in [2.05, 4.69) is 20.1 Å². The Bertz CT molecular complexity index is 1100. The van der Waals surface area contributed by atoms with Gasteiger partial charge in [-0.15, -0.1) is 0 Å². The molecule has 1 aromatic carbocycles. The van der Waals surface area contributed by atoms with Crippen LogP contribution in [0.2, 0.25) is 0 Å². The van der Waals surface area contributed by atoms with Gasteiger partial charge in [-0.3, -0.25) is 4.79 Å². The average molecular weight is 526 g/mol. The number of carbonyl (C=O) groups excluding carboxylic acids is 2. The molecule has 1 saturated carbocycles. The molecule has 0 saturated heterocycles. The molecule has 0 aliphatic heterocycles. The fourth-order valence-corrected chi connectivity index (χ4v) is 3.92. The van der Waals surface area contributed by atoms with Crippen molar-refractivity contribution in [1.82, 2.24) is 15.0 Å². The number of alkyl halides is 3. The second kappa shape index (κ2) is 11.5. The van der Waals surface area contributed by atoms with Crippen molar-refractivity contribution >= 4 is 23.6 Å². The number of carbonyl (C=O) groups is 2. The van der Waals surface area contributed by atoms with Gasteiger partial charge in [-0.1, -0.05) is 0 Å². The summed E-state index contributed by atoms with van der Waals surface area (Å²) >= 11 is 0. The number of halogens is 3. The highest BCUT2D eigenvalue weighted by Crippen LogP contribution is 2.31. The number of rotatable bonds is 7. The van der Waals surface area contributed by atoms with Gasteiger partial charge in [0.1, 0.15) is 17.3 Å². The first-order valence-electron chi connectivity index (χ1n) is 11.6. The third kappa shape index (κ3) is 6.92. The highest BCUT2D eigenvalue weighted by molar-refractivity contribution is 5.95. The normalized spacial score (nSPS) is 17.5. The molecule has 13 heteroatoms. The number of hydrogen-bond donors (Lipinski definition) is 1. The van der Waals surface area contributed by atoms with Crippen molar-refractivity contribution in [3.63, 3.8) is 0 Å². The second-order valence-electron chi connectivity index (χ2n) is 8.85. The molecule has 1 aromatic heterocycles. The van der Waals surface area contributed by atoms with Gasteiger partial charge < -0.3 is 24.5 Å². The van der Waals surface area contributed by atoms with Crippen molar-refractivity contribution in [2.24, 2.45) is 0 Å². The molecular weight excluding hydrogens is 495 g/mol. The van der Waals surface area contributed by atoms with Crippen LogP contribution in [0.3, 0.4) is 0 Å². The predicted molar refractivity (Wildman–Crippen MR) is 129 cm³/mol. The lowest BCUT2D eigenvalue weighted by molar-refractivity contribution is -0.235. The largest absolute Gasteiger partial charge is 0.497 e. The van der Waals surface area contributed by atoms with Gasteiger partial charge >= 0.3 is 12.1 Å². The monoisotopic (exact) mass is 525 g/mol. The Morgan fingerprint density at radius 3 is 2.14 bits per heavy atom. The maximum atomic E-state index is 13.3. The lowest BCUT2D eigenvalue weighted by Crippen LogP contribution is -2.47. The van der Waals surface area contributed by atoms with E-state index in [1.54, 1.807) is 11.1 Å². The third-order valence-electron chi connectivity index (χ3n) is 5.94. The van der Waals surface area contributed by atoms with E-state index in [0.29, 0.717) is 42.5 Å². The summed E-state index contributed by atoms with van der Waals surface area (Å²) in [5, 5.41) is 3.89. The number of amides is 1. The molecule has 1 aliphatic rings. The number of hydrogen-bond acceptors (Lipinski definition) is 9. The fourth-order valence-electron chi connectivity index (χ4n) is 3.92. The molecule has 1 fully saturated rings. The van der Waals surface area contributed by atoms with E-state index in [-0.39, 0.29) is 23.1 Å². The quantitative estimate of drug-likeness (QED) is 0.541. The van der Waals surface area contributed by atoms with Crippen molar-refractivity contribution in [1.29, 1.82) is 0 Å². The zero-order valence-corrected chi connectivity index (χ0v) is 21.3. The fraction of sp³-hybridized carbons (Fsp3) is 0.500. The van der Waals surface area contributed by atoms with Crippen molar-refractivity contribution in [2.75, 3.05) is 38.5 Å². The first-order valence-corrected chi connectivity index (χ1v) is 11.6. The Kier molecular flexibility index (Phi) is 8.66. The lowest BCUT2D eigenvalue weighted by Gasteiger charge is -2.35. The van der Waals surface area contributed by atoms with Crippen LogP contribution in [-0.2, 0) is 9.63 Å². The Morgan fingerprint density at radius 2 is 1.62 bits per heavy atom. The number of hydroxylamine groups is 2. The van der Waals surface area contributed by atoms with Gasteiger partial charge in [0.2, 0.25) is 5.95 Å². The van der Waals surface area contributed by atoms with Gasteiger partial charge in [0.15, 0.2) is 0 Å². The van der Waals surface area contributed by atoms with Crippen LogP contribution < -0.4 is 19.7 Å². The van der Waals surface area contributed by atoms with Crippen molar-refractivity contribution < 1.29 is 37.1 Å². The van der Waals surface area contributed by atoms with E-state index < -0.39 is 24.1 Å². The predicted octanol–water partition coefficient (Wildman–Crippen LogP) is 3.75. The summed E-state index contributed by atoms with van der Waals surface area (Å²) < 4.78 is 49.4. The maximum Gasteiger partial charge on any atom is 0.493 e. The summed E-state index contributed by atoms with van der Waals surface area (Å²) in [4.78, 5) is 40.2. The minimum absolute atomic E-state index is 0.0424. The van der Waals surface area contributed by atoms with Crippen LogP contribution in [0.1, 0.15) is 41.6 Å². The number of nitrogens with zero attached hydrogens (tertiary/aromatic N) is 4. The standard InChI is InChI=1S/C24H30F3N5O5/c1-14-13-28-23(31(2)3)30-20(14)29-16-6-8-17(9-7-16)32(37-22(34)24(25,26)27)21(33)15-10-18(35-4)12-19(11-15)36-5/h10-13,16-17H,6-9H2,1-5H3,(H,28,29,30). The number of ether oxygens (including phenoxy) is 2. The van der Waals surface area contributed by atoms with Crippen LogP contribution in [0, 0.1) is 6.92 Å². The molecular formula is C24H30F3N5O5. The first kappa shape index (κ1) is 27.8. The van der Waals surface area contributed by atoms with Crippen LogP contribution in [0.15, 0.2) is 24.4 Å². The average Bonchev–Trinajstić information content (AvgIpc) is 2.87. The highest BCUT2D eigenvalue weighted by atomic mass is 19.4. The number of aryl methyl sites for hydroxylation is 1. The molecule has 1 amide bonds. The third-order valence-corrected chi connectivity index (χ3v) is 5.94. The van der Waals surface area contributed by atoms with E-state index in [1.165, 1.54) is 32.4 Å². The molecule has 0 radical (unpaired) electrons. The maximum absolute atomic E-state index is 13.3. The second-order valence-corrected chi connectivity index (χ2v) is 8.85. The van der Waals surface area contributed by atoms with Crippen molar-refractivity contribution in [3.8, 4) is 11.5 Å². The Morgan fingerprint density at radius 1 is 1.03 bits per heavy atom. The molecule has 1 heterocycles. The van der Waals surface area contributed by atoms with E-state index >= 15 is 0 Å². The summed E-state index contributed by atoms with van der Waals surface area (Å²) in [6.07, 6.45) is -1.98. The number of aromatic nitrogens is 2. The molecule has 37 heavy (non-hydrogen) atoms. The number of benzene rings is 1. The van der Waals surface area contributed by atoms with Gasteiger partial charge in [-0.25, -0.2) is 9.78 Å². The molecule has 0 spiro atoms. The van der Waals surface area contributed by atoms with Crippen LogP contribution in [0.4, 0.5) is 24.9 Å². The van der Waals surface area contributed by atoms with Crippen LogP contribution in [-0.4, -0.2) is 73.5 Å². The van der Waals surface area contributed by atoms with Gasteiger partial charge in [-0.2, -0.15) is 23.2 Å². The molecule has 1 N–H and O–H groups in total. The van der Waals surface area contributed by atoms with E-state index in [1.807, 2.05) is 21.0 Å². The highest BCUT2D eigenvalue weighted by Gasteiger charge is 2.45. The molecule has 0 unspecified atom stereocenters. The molecule has 1 aliphatic carbocycles. The molecule has 202 valence electrons. The summed E-state index contributed by atoms with van der Waals surface area (Å²) in [7, 11) is 6.40. The van der Waals surface area contributed by atoms with Crippen molar-refractivity contribution in [3.05, 3.63) is 35.5 Å². The lowest BCUT2D eigenvalue weighted by atomic mass is 9.90. The van der Waals surface area contributed by atoms with E-state index in [0.717, 1.165) is 5.56 Å². The van der Waals surface area contributed by atoms with Crippen LogP contribution in [0.25, 0.3) is 0 Å². The summed E-state index contributed by atoms with van der Waals surface area (Å²) in [6, 6.07) is 3.38. The van der Waals surface area contributed by atoms with Gasteiger partial charge in [0.25, 0.3) is 5.91 Å². The Hall–Kier alpha value is -3.77. The minimum atomic E-state index is -5.27. The zero-order valence-electron chi connectivity index (χ0n) is 21.3. The van der Waals surface area contributed by atoms with Gasteiger partial charge in [-0.05, 0) is 44.7 Å². The Labute approximate surface area is 212 Å². The molecule has 0 atom stereocenters. The Balaban J connectivity index is 1.79. The topological polar surface area (TPSA) is 106 Å². The number of nitrogens with one attached hydrogen (secondary N) is 1. The van der Waals surface area contributed by atoms with Gasteiger partial charge in [0.05, 0.1) is 20.3 Å². The first-order chi connectivity index (χ1) is 17.4. The summed E-state index contributed by atoms with van der Waals surface area (Å²) in [6.45, 7) is 1.87. The molecule has 2 aromatic rings. The van der Waals surface area contributed by atoms with Crippen molar-refractivity contribution in [2.45, 2.75) is 50.9 Å². The molecule has 3 rings (SSSR count). The number of anilines is 2. The summed E-state index contributed by atoms with van der Waals surface area (Å²) in [5.41, 5.74) is 0.801.